The van der Waals surface area contributed by atoms with Gasteiger partial charge in [0.15, 0.2) is 5.17 Å². The van der Waals surface area contributed by atoms with E-state index in [4.69, 9.17) is 0 Å². The lowest BCUT2D eigenvalue weighted by molar-refractivity contribution is -0.116. The third-order valence-corrected chi connectivity index (χ3v) is 5.05. The molecule has 2 rings (SSSR count). The minimum absolute atomic E-state index is 0.0146. The number of rotatable bonds is 8. The predicted octanol–water partition coefficient (Wildman–Crippen LogP) is 3.91. The zero-order valence-electron chi connectivity index (χ0n) is 12.7. The summed E-state index contributed by atoms with van der Waals surface area (Å²) < 4.78 is 0. The minimum atomic E-state index is -0.0146. The first-order chi connectivity index (χ1) is 10.8. The van der Waals surface area contributed by atoms with Crippen LogP contribution in [0.1, 0.15) is 38.2 Å². The highest BCUT2D eigenvalue weighted by Gasteiger charge is 2.15. The number of amides is 1. The van der Waals surface area contributed by atoms with E-state index in [0.717, 1.165) is 5.56 Å². The smallest absolute Gasteiger partial charge is 0.236 e. The summed E-state index contributed by atoms with van der Waals surface area (Å²) in [6, 6.07) is 8.31. The van der Waals surface area contributed by atoms with Gasteiger partial charge in [0.2, 0.25) is 5.91 Å². The van der Waals surface area contributed by atoms with Crippen LogP contribution < -0.4 is 5.32 Å². The number of carbonyl (C=O) groups excluding carboxylic acids is 1. The lowest BCUT2D eigenvalue weighted by Crippen LogP contribution is -2.19. The molecule has 6 heteroatoms. The van der Waals surface area contributed by atoms with Crippen LogP contribution in [-0.4, -0.2) is 28.8 Å². The summed E-state index contributed by atoms with van der Waals surface area (Å²) in [6.07, 6.45) is 6.92. The molecule has 1 aromatic carbocycles. The minimum Gasteiger partial charge on any atom is -0.303 e. The number of nitrogens with zero attached hydrogens (tertiary/aromatic N) is 2. The van der Waals surface area contributed by atoms with Crippen molar-refractivity contribution >= 4 is 40.8 Å². The Hall–Kier alpha value is -1.27. The predicted molar refractivity (Wildman–Crippen MR) is 96.9 cm³/mol. The van der Waals surface area contributed by atoms with Crippen molar-refractivity contribution in [1.29, 1.82) is 0 Å². The van der Waals surface area contributed by atoms with Crippen LogP contribution in [0.4, 0.5) is 0 Å². The molecule has 1 aliphatic heterocycles. The standard InChI is InChI=1S/C16H21N3OS2/c1-2-3-4-5-10-21-14-8-6-13(7-9-14)11-17-19-16-18-15(20)12-22-16/h6-9,11H,2-5,10,12H2,1H3,(H,18,19,20). The Bertz CT molecular complexity index is 541. The highest BCUT2D eigenvalue weighted by Crippen LogP contribution is 2.20. The maximum atomic E-state index is 11.0. The molecule has 1 saturated heterocycles. The van der Waals surface area contributed by atoms with Crippen molar-refractivity contribution in [2.75, 3.05) is 11.5 Å². The fraction of sp³-hybridized carbons (Fsp3) is 0.438. The van der Waals surface area contributed by atoms with Gasteiger partial charge >= 0.3 is 0 Å². The summed E-state index contributed by atoms with van der Waals surface area (Å²) in [5, 5.41) is 11.2. The number of unbranched alkanes of at least 4 members (excludes halogenated alkanes) is 3. The largest absolute Gasteiger partial charge is 0.303 e. The Balaban J connectivity index is 1.75. The first-order valence-electron chi connectivity index (χ1n) is 7.54. The maximum absolute atomic E-state index is 11.0. The van der Waals surface area contributed by atoms with Gasteiger partial charge in [-0.15, -0.1) is 16.9 Å². The number of nitrogens with one attached hydrogen (secondary N) is 1. The van der Waals surface area contributed by atoms with Crippen molar-refractivity contribution in [3.05, 3.63) is 29.8 Å². The quantitative estimate of drug-likeness (QED) is 0.339. The molecule has 1 N–H and O–H groups in total. The molecule has 0 saturated carbocycles. The Morgan fingerprint density at radius 2 is 2.09 bits per heavy atom. The second kappa shape index (κ2) is 9.69. The molecule has 4 nitrogen and oxygen atoms in total. The molecule has 1 fully saturated rings. The van der Waals surface area contributed by atoms with E-state index in [-0.39, 0.29) is 5.91 Å². The number of benzene rings is 1. The van der Waals surface area contributed by atoms with Crippen molar-refractivity contribution in [3.8, 4) is 0 Å². The van der Waals surface area contributed by atoms with Gasteiger partial charge in [0.05, 0.1) is 12.0 Å². The van der Waals surface area contributed by atoms with Crippen molar-refractivity contribution in [1.82, 2.24) is 5.32 Å². The van der Waals surface area contributed by atoms with Crippen LogP contribution in [0.2, 0.25) is 0 Å². The summed E-state index contributed by atoms with van der Waals surface area (Å²) in [4.78, 5) is 12.3. The molecule has 118 valence electrons. The average molecular weight is 335 g/mol. The molecule has 1 aliphatic rings. The maximum Gasteiger partial charge on any atom is 0.236 e. The Kier molecular flexibility index (Phi) is 7.53. The fourth-order valence-electron chi connectivity index (χ4n) is 1.90. The van der Waals surface area contributed by atoms with E-state index < -0.39 is 0 Å². The fourth-order valence-corrected chi connectivity index (χ4v) is 3.44. The third-order valence-electron chi connectivity index (χ3n) is 3.09. The van der Waals surface area contributed by atoms with Gasteiger partial charge in [0.1, 0.15) is 0 Å². The number of hydrogen-bond donors (Lipinski definition) is 1. The lowest BCUT2D eigenvalue weighted by atomic mass is 10.2. The average Bonchev–Trinajstić information content (AvgIpc) is 2.94. The third kappa shape index (κ3) is 6.23. The van der Waals surface area contributed by atoms with Gasteiger partial charge < -0.3 is 5.32 Å². The molecule has 1 amide bonds. The zero-order chi connectivity index (χ0) is 15.6. The highest BCUT2D eigenvalue weighted by molar-refractivity contribution is 8.15. The molecule has 0 atom stereocenters. The zero-order valence-corrected chi connectivity index (χ0v) is 14.4. The normalized spacial score (nSPS) is 16.6. The van der Waals surface area contributed by atoms with Gasteiger partial charge in [-0.25, -0.2) is 0 Å². The monoisotopic (exact) mass is 335 g/mol. The summed E-state index contributed by atoms with van der Waals surface area (Å²) in [7, 11) is 0. The van der Waals surface area contributed by atoms with Crippen LogP contribution in [0.3, 0.4) is 0 Å². The molecule has 0 radical (unpaired) electrons. The molecule has 1 heterocycles. The first kappa shape index (κ1) is 17.1. The van der Waals surface area contributed by atoms with E-state index in [9.17, 15) is 4.79 Å². The second-order valence-corrected chi connectivity index (χ2v) is 7.10. The van der Waals surface area contributed by atoms with E-state index in [1.54, 1.807) is 6.21 Å². The molecule has 0 unspecified atom stereocenters. The van der Waals surface area contributed by atoms with Crippen LogP contribution in [0.5, 0.6) is 0 Å². The topological polar surface area (TPSA) is 53.8 Å². The Labute approximate surface area is 140 Å². The second-order valence-electron chi connectivity index (χ2n) is 4.96. The molecule has 0 spiro atoms. The molecule has 22 heavy (non-hydrogen) atoms. The van der Waals surface area contributed by atoms with Crippen LogP contribution >= 0.6 is 23.5 Å². The summed E-state index contributed by atoms with van der Waals surface area (Å²) in [6.45, 7) is 2.23. The van der Waals surface area contributed by atoms with E-state index in [0.29, 0.717) is 10.9 Å². The SMILES string of the molecule is CCCCCCSc1ccc(C=NN=C2NC(=O)CS2)cc1. The van der Waals surface area contributed by atoms with Crippen molar-refractivity contribution in [3.63, 3.8) is 0 Å². The van der Waals surface area contributed by atoms with Crippen molar-refractivity contribution < 1.29 is 4.79 Å². The number of amidine groups is 1. The molecule has 1 aromatic rings. The molecule has 0 aliphatic carbocycles. The van der Waals surface area contributed by atoms with Gasteiger partial charge in [-0.05, 0) is 29.9 Å². The van der Waals surface area contributed by atoms with E-state index >= 15 is 0 Å². The number of carbonyl (C=O) groups is 1. The van der Waals surface area contributed by atoms with E-state index in [1.165, 1.54) is 48.1 Å². The van der Waals surface area contributed by atoms with Gasteiger partial charge in [0.25, 0.3) is 0 Å². The highest BCUT2D eigenvalue weighted by atomic mass is 32.2. The van der Waals surface area contributed by atoms with Gasteiger partial charge in [-0.1, -0.05) is 50.1 Å². The summed E-state index contributed by atoms with van der Waals surface area (Å²) in [5.74, 6) is 1.59. The van der Waals surface area contributed by atoms with Gasteiger partial charge in [0, 0.05) is 4.90 Å². The van der Waals surface area contributed by atoms with Crippen LogP contribution in [0.25, 0.3) is 0 Å². The van der Waals surface area contributed by atoms with Gasteiger partial charge in [-0.2, -0.15) is 5.10 Å². The van der Waals surface area contributed by atoms with Gasteiger partial charge in [-0.3, -0.25) is 4.79 Å². The van der Waals surface area contributed by atoms with E-state index in [2.05, 4.69) is 34.6 Å². The first-order valence-corrected chi connectivity index (χ1v) is 9.51. The lowest BCUT2D eigenvalue weighted by Gasteiger charge is -2.01. The van der Waals surface area contributed by atoms with Crippen LogP contribution in [0.15, 0.2) is 39.4 Å². The van der Waals surface area contributed by atoms with Crippen molar-refractivity contribution in [2.24, 2.45) is 10.2 Å². The van der Waals surface area contributed by atoms with Crippen molar-refractivity contribution in [2.45, 2.75) is 37.5 Å². The van der Waals surface area contributed by atoms with E-state index in [1.807, 2.05) is 23.9 Å². The van der Waals surface area contributed by atoms with Crippen LogP contribution in [0, 0.1) is 0 Å². The Morgan fingerprint density at radius 1 is 1.27 bits per heavy atom. The molecular formula is C16H21N3OS2. The molecular weight excluding hydrogens is 314 g/mol. The Morgan fingerprint density at radius 3 is 2.77 bits per heavy atom. The molecule has 0 bridgehead atoms. The summed E-state index contributed by atoms with van der Waals surface area (Å²) >= 11 is 3.28. The molecule has 0 aromatic heterocycles. The number of thioether (sulfide) groups is 2. The summed E-state index contributed by atoms with van der Waals surface area (Å²) in [5.41, 5.74) is 1.01. The number of hydrogen-bond acceptors (Lipinski definition) is 5. The van der Waals surface area contributed by atoms with Crippen LogP contribution in [-0.2, 0) is 4.79 Å².